The summed E-state index contributed by atoms with van der Waals surface area (Å²) in [4.78, 5) is 2.12. The highest BCUT2D eigenvalue weighted by Gasteiger charge is 2.52. The zero-order chi connectivity index (χ0) is 22.2. The number of aliphatic hydroxyl groups is 1. The molecule has 0 amide bonds. The molecule has 4 nitrogen and oxygen atoms in total. The second-order valence-corrected chi connectivity index (χ2v) is 9.48. The van der Waals surface area contributed by atoms with Crippen LogP contribution in [0.15, 0.2) is 48.5 Å². The van der Waals surface area contributed by atoms with E-state index in [0.29, 0.717) is 6.54 Å². The molecule has 1 N–H and O–H groups in total. The number of hydrogen-bond donors (Lipinski definition) is 1. The van der Waals surface area contributed by atoms with Crippen LogP contribution in [0.1, 0.15) is 57.6 Å². The van der Waals surface area contributed by atoms with E-state index in [4.69, 9.17) is 0 Å². The molecule has 0 fully saturated rings. The van der Waals surface area contributed by atoms with Gasteiger partial charge >= 0.3 is 6.61 Å². The van der Waals surface area contributed by atoms with Crippen molar-refractivity contribution in [3.8, 4) is 5.75 Å². The van der Waals surface area contributed by atoms with Gasteiger partial charge in [0.05, 0.1) is 6.54 Å². The van der Waals surface area contributed by atoms with Gasteiger partial charge in [0, 0.05) is 12.0 Å². The summed E-state index contributed by atoms with van der Waals surface area (Å²) in [5, 5.41) is 11.9. The second-order valence-electron chi connectivity index (χ2n) is 9.48. The van der Waals surface area contributed by atoms with Crippen molar-refractivity contribution in [2.45, 2.75) is 64.2 Å². The van der Waals surface area contributed by atoms with Gasteiger partial charge in [0.1, 0.15) is 11.4 Å². The Balaban J connectivity index is 1.69. The zero-order valence-electron chi connectivity index (χ0n) is 18.4. The van der Waals surface area contributed by atoms with Gasteiger partial charge in [-0.2, -0.15) is 8.78 Å². The highest BCUT2D eigenvalue weighted by atomic mass is 19.3. The first-order valence-electron chi connectivity index (χ1n) is 11.0. The van der Waals surface area contributed by atoms with E-state index >= 15 is 0 Å². The molecule has 0 aromatic heterocycles. The molecular formula is C25H31F2N2O2+. The Labute approximate surface area is 182 Å². The predicted octanol–water partition coefficient (Wildman–Crippen LogP) is 5.24. The van der Waals surface area contributed by atoms with Crippen LogP contribution in [-0.2, 0) is 11.1 Å². The van der Waals surface area contributed by atoms with E-state index in [2.05, 4.69) is 47.1 Å². The molecule has 1 atom stereocenters. The molecule has 2 aliphatic rings. The van der Waals surface area contributed by atoms with Crippen molar-refractivity contribution in [2.24, 2.45) is 0 Å². The lowest BCUT2D eigenvalue weighted by Gasteiger charge is -2.25. The Hall–Kier alpha value is -2.47. The van der Waals surface area contributed by atoms with Crippen LogP contribution < -0.4 is 9.64 Å². The lowest BCUT2D eigenvalue weighted by atomic mass is 9.86. The topological polar surface area (TPSA) is 35.7 Å². The molecule has 2 aliphatic heterocycles. The first-order valence-corrected chi connectivity index (χ1v) is 11.0. The second kappa shape index (κ2) is 8.23. The molecule has 0 radical (unpaired) electrons. The van der Waals surface area contributed by atoms with Gasteiger partial charge in [-0.3, -0.25) is 0 Å². The molecule has 2 aromatic rings. The summed E-state index contributed by atoms with van der Waals surface area (Å²) in [5.74, 6) is 1.22. The quantitative estimate of drug-likeness (QED) is 0.676. The molecule has 0 bridgehead atoms. The minimum Gasteiger partial charge on any atom is -0.435 e. The van der Waals surface area contributed by atoms with Crippen LogP contribution in [0.3, 0.4) is 0 Å². The summed E-state index contributed by atoms with van der Waals surface area (Å²) >= 11 is 0. The van der Waals surface area contributed by atoms with E-state index in [0.717, 1.165) is 49.3 Å². The number of ether oxygens (including phenoxy) is 1. The molecule has 31 heavy (non-hydrogen) atoms. The molecule has 2 heterocycles. The maximum Gasteiger partial charge on any atom is 0.387 e. The van der Waals surface area contributed by atoms with Crippen molar-refractivity contribution in [3.63, 3.8) is 0 Å². The van der Waals surface area contributed by atoms with Gasteiger partial charge in [-0.1, -0.05) is 45.0 Å². The van der Waals surface area contributed by atoms with Crippen molar-refractivity contribution in [1.82, 2.24) is 0 Å². The molecular weight excluding hydrogens is 398 g/mol. The Kier molecular flexibility index (Phi) is 5.77. The van der Waals surface area contributed by atoms with Crippen molar-refractivity contribution < 1.29 is 23.2 Å². The average molecular weight is 430 g/mol. The van der Waals surface area contributed by atoms with Crippen LogP contribution in [0, 0.1) is 0 Å². The van der Waals surface area contributed by atoms with Gasteiger partial charge in [0.15, 0.2) is 6.54 Å². The van der Waals surface area contributed by atoms with Crippen LogP contribution in [0.5, 0.6) is 5.75 Å². The fraction of sp³-hybridized carbons (Fsp3) is 0.480. The summed E-state index contributed by atoms with van der Waals surface area (Å²) in [6, 6.07) is 14.9. The number of alkyl halides is 2. The molecule has 0 aliphatic carbocycles. The van der Waals surface area contributed by atoms with Gasteiger partial charge in [-0.15, -0.1) is 0 Å². The fourth-order valence-electron chi connectivity index (χ4n) is 4.60. The van der Waals surface area contributed by atoms with Crippen molar-refractivity contribution in [1.29, 1.82) is 0 Å². The number of rotatable bonds is 4. The number of amidine groups is 1. The zero-order valence-corrected chi connectivity index (χ0v) is 18.4. The molecule has 166 valence electrons. The molecule has 6 heteroatoms. The van der Waals surface area contributed by atoms with E-state index in [-0.39, 0.29) is 11.2 Å². The highest BCUT2D eigenvalue weighted by molar-refractivity contribution is 5.96. The van der Waals surface area contributed by atoms with Crippen LogP contribution in [-0.4, -0.2) is 35.2 Å². The van der Waals surface area contributed by atoms with E-state index in [1.54, 1.807) is 24.3 Å². The Morgan fingerprint density at radius 3 is 2.29 bits per heavy atom. The van der Waals surface area contributed by atoms with Crippen LogP contribution >= 0.6 is 0 Å². The smallest absolute Gasteiger partial charge is 0.387 e. The fourth-order valence-corrected chi connectivity index (χ4v) is 4.60. The van der Waals surface area contributed by atoms with Crippen molar-refractivity contribution in [2.75, 3.05) is 18.0 Å². The molecule has 4 rings (SSSR count). The minimum atomic E-state index is -2.84. The number of β-amino-alcohol motifs (C(OH)–C–C–N with tert-alkyl or cyclic N) is 1. The lowest BCUT2D eigenvalue weighted by molar-refractivity contribution is -0.658. The largest absolute Gasteiger partial charge is 0.435 e. The number of halogens is 2. The van der Waals surface area contributed by atoms with E-state index < -0.39 is 12.3 Å². The van der Waals surface area contributed by atoms with Gasteiger partial charge in [-0.25, -0.2) is 9.48 Å². The molecule has 0 saturated heterocycles. The number of nitrogens with zero attached hydrogens (tertiary/aromatic N) is 2. The monoisotopic (exact) mass is 429 g/mol. The summed E-state index contributed by atoms with van der Waals surface area (Å²) < 4.78 is 31.6. The van der Waals surface area contributed by atoms with Crippen LogP contribution in [0.2, 0.25) is 0 Å². The Morgan fingerprint density at radius 1 is 1.00 bits per heavy atom. The normalized spacial score (nSPS) is 22.0. The van der Waals surface area contributed by atoms with Gasteiger partial charge in [0.25, 0.3) is 11.6 Å². The maximum absolute atomic E-state index is 12.5. The summed E-state index contributed by atoms with van der Waals surface area (Å²) in [5.41, 5.74) is 1.88. The third kappa shape index (κ3) is 4.31. The molecule has 2 aromatic carbocycles. The first kappa shape index (κ1) is 21.8. The van der Waals surface area contributed by atoms with E-state index in [1.807, 2.05) is 12.1 Å². The number of anilines is 1. The number of hydrogen-bond acceptors (Lipinski definition) is 3. The third-order valence-electron chi connectivity index (χ3n) is 6.32. The average Bonchev–Trinajstić information content (AvgIpc) is 2.87. The summed E-state index contributed by atoms with van der Waals surface area (Å²) in [6.07, 6.45) is 4.08. The predicted molar refractivity (Wildman–Crippen MR) is 118 cm³/mol. The van der Waals surface area contributed by atoms with E-state index in [1.165, 1.54) is 5.56 Å². The first-order chi connectivity index (χ1) is 14.7. The van der Waals surface area contributed by atoms with Crippen molar-refractivity contribution >= 4 is 11.5 Å². The molecule has 0 saturated carbocycles. The molecule has 0 spiro atoms. The van der Waals surface area contributed by atoms with Crippen LogP contribution in [0.25, 0.3) is 0 Å². The Bertz CT molecular complexity index is 949. The van der Waals surface area contributed by atoms with E-state index in [9.17, 15) is 13.9 Å². The highest BCUT2D eigenvalue weighted by Crippen LogP contribution is 2.36. The van der Waals surface area contributed by atoms with Crippen molar-refractivity contribution in [3.05, 3.63) is 59.7 Å². The maximum atomic E-state index is 12.5. The SMILES string of the molecule is CC(C)(C)c1ccc(C2(O)CN(c3ccc(OC(F)F)cc3)C3=[N+]2CCCCC3)cc1. The standard InChI is InChI=1S/C25H31F2N2O2/c1-24(2,3)18-8-10-19(11-9-18)25(30)17-28(22-7-5-4-6-16-29(22)25)20-12-14-21(15-13-20)31-23(26)27/h8-15,23,30H,4-7,16-17H2,1-3H3/q+1. The minimum absolute atomic E-state index is 0.0464. The Morgan fingerprint density at radius 2 is 1.68 bits per heavy atom. The summed E-state index contributed by atoms with van der Waals surface area (Å²) in [7, 11) is 0. The number of benzene rings is 2. The van der Waals surface area contributed by atoms with Gasteiger partial charge in [-0.05, 0) is 54.5 Å². The third-order valence-corrected chi connectivity index (χ3v) is 6.32. The van der Waals surface area contributed by atoms with Gasteiger partial charge in [0.2, 0.25) is 0 Å². The summed E-state index contributed by atoms with van der Waals surface area (Å²) in [6.45, 7) is 4.87. The molecule has 1 unspecified atom stereocenters. The van der Waals surface area contributed by atoms with Gasteiger partial charge < -0.3 is 9.84 Å². The lowest BCUT2D eigenvalue weighted by Crippen LogP contribution is -2.41. The van der Waals surface area contributed by atoms with Crippen LogP contribution in [0.4, 0.5) is 14.5 Å².